The number of hydrogen-bond acceptors (Lipinski definition) is 7. The molecule has 0 amide bonds. The van der Waals surface area contributed by atoms with E-state index in [0.717, 1.165) is 57.8 Å². The summed E-state index contributed by atoms with van der Waals surface area (Å²) in [6.45, 7) is 4.56. The highest BCUT2D eigenvalue weighted by atomic mass is 16.6. The third-order valence-electron chi connectivity index (χ3n) is 11.4. The normalized spacial score (nSPS) is 13.2. The first-order chi connectivity index (χ1) is 30.1. The number of allylic oxidation sites excluding steroid dienone is 8. The molecule has 2 atom stereocenters. The largest absolute Gasteiger partial charge is 0.544 e. The van der Waals surface area contributed by atoms with Crippen molar-refractivity contribution in [2.24, 2.45) is 0 Å². The van der Waals surface area contributed by atoms with Crippen molar-refractivity contribution in [3.8, 4) is 0 Å². The van der Waals surface area contributed by atoms with Gasteiger partial charge in [0.25, 0.3) is 0 Å². The summed E-state index contributed by atoms with van der Waals surface area (Å²) >= 11 is 0. The maximum absolute atomic E-state index is 12.8. The Labute approximate surface area is 382 Å². The minimum atomic E-state index is -1.12. The van der Waals surface area contributed by atoms with Crippen LogP contribution in [0, 0.1) is 0 Å². The average Bonchev–Trinajstić information content (AvgIpc) is 3.23. The molecular formula is C54H97NO7. The van der Waals surface area contributed by atoms with Crippen molar-refractivity contribution >= 4 is 17.9 Å². The Balaban J connectivity index is 4.23. The number of carboxylic acids is 1. The first-order valence-corrected chi connectivity index (χ1v) is 25.7. The van der Waals surface area contributed by atoms with E-state index >= 15 is 0 Å². The molecule has 0 radical (unpaired) electrons. The predicted octanol–water partition coefficient (Wildman–Crippen LogP) is 13.4. The van der Waals surface area contributed by atoms with Crippen molar-refractivity contribution in [3.05, 3.63) is 48.6 Å². The molecular weight excluding hydrogens is 775 g/mol. The Kier molecular flexibility index (Phi) is 42.9. The first-order valence-electron chi connectivity index (χ1n) is 25.7. The van der Waals surface area contributed by atoms with Crippen LogP contribution in [0.1, 0.15) is 226 Å². The van der Waals surface area contributed by atoms with Crippen LogP contribution >= 0.6 is 0 Å². The summed E-state index contributed by atoms with van der Waals surface area (Å²) in [6.07, 6.45) is 54.2. The number of carbonyl (C=O) groups is 3. The van der Waals surface area contributed by atoms with Gasteiger partial charge in [0.1, 0.15) is 12.6 Å². The number of esters is 2. The van der Waals surface area contributed by atoms with Crippen molar-refractivity contribution in [3.63, 3.8) is 0 Å². The van der Waals surface area contributed by atoms with Crippen molar-refractivity contribution in [2.75, 3.05) is 41.0 Å². The first kappa shape index (κ1) is 59.3. The minimum absolute atomic E-state index is 0.0390. The SMILES string of the molecule is CC/C=C/C/C=C/C/C=C/CCCCCCCCCCCCCC(=O)OCC(COCCC(C(=O)[O-])[N+](C)(C)C)OC(=O)CCCCCCCCC/C=C/CCCCCCCC. The van der Waals surface area contributed by atoms with Gasteiger partial charge in [0.15, 0.2) is 6.10 Å². The molecule has 0 spiro atoms. The summed E-state index contributed by atoms with van der Waals surface area (Å²) in [7, 11) is 5.42. The molecule has 0 heterocycles. The molecule has 0 saturated carbocycles. The van der Waals surface area contributed by atoms with Gasteiger partial charge in [-0.2, -0.15) is 0 Å². The van der Waals surface area contributed by atoms with E-state index < -0.39 is 18.1 Å². The van der Waals surface area contributed by atoms with E-state index in [4.69, 9.17) is 14.2 Å². The molecule has 0 N–H and O–H groups in total. The molecule has 0 aliphatic rings. The highest BCUT2D eigenvalue weighted by Crippen LogP contribution is 2.15. The topological polar surface area (TPSA) is 102 Å². The van der Waals surface area contributed by atoms with E-state index in [9.17, 15) is 19.5 Å². The van der Waals surface area contributed by atoms with Crippen LogP contribution in [0.3, 0.4) is 0 Å². The lowest BCUT2D eigenvalue weighted by Crippen LogP contribution is -2.55. The van der Waals surface area contributed by atoms with E-state index in [1.54, 1.807) is 21.1 Å². The van der Waals surface area contributed by atoms with Crippen molar-refractivity contribution in [2.45, 2.75) is 238 Å². The van der Waals surface area contributed by atoms with Crippen molar-refractivity contribution in [1.82, 2.24) is 0 Å². The number of carboxylic acid groups (broad SMARTS) is 1. The lowest BCUT2D eigenvalue weighted by Gasteiger charge is -2.34. The molecule has 62 heavy (non-hydrogen) atoms. The molecule has 360 valence electrons. The van der Waals surface area contributed by atoms with Gasteiger partial charge in [-0.1, -0.05) is 184 Å². The molecule has 8 heteroatoms. The van der Waals surface area contributed by atoms with E-state index in [-0.39, 0.29) is 42.7 Å². The number of quaternary nitrogens is 1. The lowest BCUT2D eigenvalue weighted by molar-refractivity contribution is -0.889. The fraction of sp³-hybridized carbons (Fsp3) is 0.796. The molecule has 2 unspecified atom stereocenters. The van der Waals surface area contributed by atoms with Gasteiger partial charge in [-0.3, -0.25) is 9.59 Å². The maximum atomic E-state index is 12.8. The number of carbonyl (C=O) groups excluding carboxylic acids is 3. The minimum Gasteiger partial charge on any atom is -0.544 e. The van der Waals surface area contributed by atoms with Gasteiger partial charge in [-0.25, -0.2) is 0 Å². The molecule has 0 rings (SSSR count). The molecule has 0 aromatic carbocycles. The molecule has 0 aromatic rings. The monoisotopic (exact) mass is 872 g/mol. The molecule has 0 aliphatic carbocycles. The Morgan fingerprint density at radius 1 is 0.500 bits per heavy atom. The quantitative estimate of drug-likeness (QED) is 0.0260. The van der Waals surface area contributed by atoms with Crippen LogP contribution in [0.4, 0.5) is 0 Å². The molecule has 0 bridgehead atoms. The Hall–Kier alpha value is -2.71. The maximum Gasteiger partial charge on any atom is 0.306 e. The predicted molar refractivity (Wildman–Crippen MR) is 259 cm³/mol. The van der Waals surface area contributed by atoms with Crippen molar-refractivity contribution in [1.29, 1.82) is 0 Å². The van der Waals surface area contributed by atoms with E-state index in [0.29, 0.717) is 12.8 Å². The summed E-state index contributed by atoms with van der Waals surface area (Å²) in [6, 6.07) is -0.727. The average molecular weight is 872 g/mol. The zero-order chi connectivity index (χ0) is 45.6. The highest BCUT2D eigenvalue weighted by Gasteiger charge is 2.25. The smallest absolute Gasteiger partial charge is 0.306 e. The fourth-order valence-corrected chi connectivity index (χ4v) is 7.49. The molecule has 0 aromatic heterocycles. The Morgan fingerprint density at radius 3 is 1.35 bits per heavy atom. The second-order valence-electron chi connectivity index (χ2n) is 18.4. The number of unbranched alkanes of at least 4 members (excludes halogenated alkanes) is 24. The summed E-state index contributed by atoms with van der Waals surface area (Å²) in [5.74, 6) is -1.74. The molecule has 8 nitrogen and oxygen atoms in total. The third kappa shape index (κ3) is 42.6. The standard InChI is InChI=1S/C54H97NO7/c1-6-8-10-12-14-16-18-20-22-24-25-26-27-29-30-32-34-36-38-40-42-44-52(56)61-49-50(48-60-47-46-51(54(58)59)55(3,4)5)62-53(57)45-43-41-39-37-35-33-31-28-23-21-19-17-15-13-11-9-7-2/h8,10,14,16,20-23,50-51H,6-7,9,11-13,15,17-19,24-49H2,1-5H3/b10-8+,16-14+,22-20+,23-21+. The summed E-state index contributed by atoms with van der Waals surface area (Å²) in [5, 5.41) is 11.7. The fourth-order valence-electron chi connectivity index (χ4n) is 7.49. The Bertz CT molecular complexity index is 1150. The van der Waals surface area contributed by atoms with Gasteiger partial charge in [0.2, 0.25) is 0 Å². The summed E-state index contributed by atoms with van der Waals surface area (Å²) in [4.78, 5) is 37.0. The highest BCUT2D eigenvalue weighted by molar-refractivity contribution is 5.70. The second kappa shape index (κ2) is 44.9. The van der Waals surface area contributed by atoms with Gasteiger partial charge in [-0.05, 0) is 70.6 Å². The van der Waals surface area contributed by atoms with Gasteiger partial charge in [0.05, 0.1) is 40.3 Å². The number of aliphatic carboxylic acids is 1. The van der Waals surface area contributed by atoms with E-state index in [2.05, 4.69) is 62.5 Å². The summed E-state index contributed by atoms with van der Waals surface area (Å²) in [5.41, 5.74) is 0. The van der Waals surface area contributed by atoms with Crippen molar-refractivity contribution < 1.29 is 38.2 Å². The lowest BCUT2D eigenvalue weighted by atomic mass is 10.0. The van der Waals surface area contributed by atoms with E-state index in [1.165, 1.54) is 135 Å². The van der Waals surface area contributed by atoms with Crippen LogP contribution in [0.2, 0.25) is 0 Å². The number of hydrogen-bond donors (Lipinski definition) is 0. The van der Waals surface area contributed by atoms with E-state index in [1.807, 2.05) is 0 Å². The molecule has 0 aliphatic heterocycles. The van der Waals surface area contributed by atoms with Crippen LogP contribution in [0.15, 0.2) is 48.6 Å². The number of ether oxygens (including phenoxy) is 3. The number of nitrogens with zero attached hydrogens (tertiary/aromatic N) is 1. The second-order valence-corrected chi connectivity index (χ2v) is 18.4. The van der Waals surface area contributed by atoms with Crippen LogP contribution in [-0.2, 0) is 28.6 Å². The molecule has 0 fully saturated rings. The molecule has 0 saturated heterocycles. The van der Waals surface area contributed by atoms with Gasteiger partial charge < -0.3 is 28.6 Å². The zero-order valence-electron chi connectivity index (χ0n) is 41.0. The summed E-state index contributed by atoms with van der Waals surface area (Å²) < 4.78 is 17.2. The number of rotatable bonds is 46. The Morgan fingerprint density at radius 2 is 0.903 bits per heavy atom. The number of likely N-dealkylation sites (N-methyl/N-ethyl adjacent to an activating group) is 1. The van der Waals surface area contributed by atoms with Gasteiger partial charge >= 0.3 is 11.9 Å². The zero-order valence-corrected chi connectivity index (χ0v) is 41.0. The van der Waals surface area contributed by atoms with Gasteiger partial charge in [-0.15, -0.1) is 0 Å². The van der Waals surface area contributed by atoms with Gasteiger partial charge in [0, 0.05) is 19.3 Å². The van der Waals surface area contributed by atoms with Crippen LogP contribution in [0.5, 0.6) is 0 Å². The van der Waals surface area contributed by atoms with Crippen LogP contribution < -0.4 is 5.11 Å². The van der Waals surface area contributed by atoms with Crippen LogP contribution in [0.25, 0.3) is 0 Å². The third-order valence-corrected chi connectivity index (χ3v) is 11.4. The van der Waals surface area contributed by atoms with Crippen LogP contribution in [-0.4, -0.2) is 75.5 Å².